The van der Waals surface area contributed by atoms with E-state index < -0.39 is 0 Å². The molecule has 0 saturated carbocycles. The first-order valence-electron chi connectivity index (χ1n) is 7.33. The molecule has 2 heterocycles. The number of hydrogen-bond donors (Lipinski definition) is 1. The van der Waals surface area contributed by atoms with Gasteiger partial charge in [0.05, 0.1) is 11.3 Å². The number of ether oxygens (including phenoxy) is 2. The van der Waals surface area contributed by atoms with Crippen LogP contribution in [0.25, 0.3) is 11.1 Å². The Kier molecular flexibility index (Phi) is 3.73. The van der Waals surface area contributed by atoms with Crippen LogP contribution < -0.4 is 15.2 Å². The highest BCUT2D eigenvalue weighted by Gasteiger charge is 2.20. The molecule has 5 heteroatoms. The van der Waals surface area contributed by atoms with Crippen LogP contribution in [-0.2, 0) is 6.42 Å². The smallest absolute Gasteiger partial charge is 0.230 e. The number of rotatable bonds is 4. The molecule has 3 rings (SSSR count). The van der Waals surface area contributed by atoms with Crippen molar-refractivity contribution in [2.75, 3.05) is 18.9 Å². The molecule has 2 N–H and O–H groups in total. The van der Waals surface area contributed by atoms with Gasteiger partial charge in [-0.05, 0) is 30.0 Å². The van der Waals surface area contributed by atoms with Gasteiger partial charge in [0.1, 0.15) is 13.2 Å². The summed E-state index contributed by atoms with van der Waals surface area (Å²) in [6.07, 6.45) is 1.94. The quantitative estimate of drug-likeness (QED) is 0.934. The zero-order chi connectivity index (χ0) is 14.8. The van der Waals surface area contributed by atoms with Crippen LogP contribution in [-0.4, -0.2) is 18.4 Å². The van der Waals surface area contributed by atoms with Crippen LogP contribution in [0.15, 0.2) is 22.7 Å². The molecule has 5 nitrogen and oxygen atoms in total. The number of aromatic nitrogens is 1. The molecule has 112 valence electrons. The van der Waals surface area contributed by atoms with Gasteiger partial charge in [-0.25, -0.2) is 0 Å². The first-order chi connectivity index (χ1) is 10.2. The van der Waals surface area contributed by atoms with Gasteiger partial charge in [0, 0.05) is 0 Å². The fourth-order valence-electron chi connectivity index (χ4n) is 2.46. The molecule has 0 aliphatic carbocycles. The van der Waals surface area contributed by atoms with Crippen molar-refractivity contribution in [2.24, 2.45) is 5.92 Å². The average Bonchev–Trinajstić information content (AvgIpc) is 2.87. The Morgan fingerprint density at radius 3 is 2.76 bits per heavy atom. The highest BCUT2D eigenvalue weighted by molar-refractivity contribution is 5.77. The monoisotopic (exact) mass is 288 g/mol. The summed E-state index contributed by atoms with van der Waals surface area (Å²) < 4.78 is 16.4. The minimum atomic E-state index is 0.352. The lowest BCUT2D eigenvalue weighted by molar-refractivity contribution is 0.171. The van der Waals surface area contributed by atoms with Gasteiger partial charge < -0.3 is 19.7 Å². The maximum atomic E-state index is 5.97. The minimum Gasteiger partial charge on any atom is -0.486 e. The number of nitrogens with two attached hydrogens (primary N) is 1. The molecule has 0 fully saturated rings. The first kappa shape index (κ1) is 13.8. The summed E-state index contributed by atoms with van der Waals surface area (Å²) >= 11 is 0. The van der Waals surface area contributed by atoms with E-state index >= 15 is 0 Å². The highest BCUT2D eigenvalue weighted by atomic mass is 16.6. The van der Waals surface area contributed by atoms with Crippen molar-refractivity contribution in [1.82, 2.24) is 5.16 Å². The van der Waals surface area contributed by atoms with Gasteiger partial charge in [-0.15, -0.1) is 0 Å². The SMILES string of the molecule is CCC(C)Cc1noc(N)c1-c1ccc2c(c1)OCCO2. The van der Waals surface area contributed by atoms with Gasteiger partial charge in [0.25, 0.3) is 0 Å². The molecule has 0 amide bonds. The Morgan fingerprint density at radius 2 is 2.00 bits per heavy atom. The summed E-state index contributed by atoms with van der Waals surface area (Å²) in [5.74, 6) is 2.40. The molecule has 1 aliphatic rings. The molecular weight excluding hydrogens is 268 g/mol. The van der Waals surface area contributed by atoms with Crippen molar-refractivity contribution in [3.05, 3.63) is 23.9 Å². The Bertz CT molecular complexity index is 636. The second-order valence-electron chi connectivity index (χ2n) is 5.44. The molecule has 21 heavy (non-hydrogen) atoms. The van der Waals surface area contributed by atoms with Gasteiger partial charge in [-0.3, -0.25) is 0 Å². The average molecular weight is 288 g/mol. The van der Waals surface area contributed by atoms with Crippen molar-refractivity contribution >= 4 is 5.88 Å². The fraction of sp³-hybridized carbons (Fsp3) is 0.438. The summed E-state index contributed by atoms with van der Waals surface area (Å²) in [5, 5.41) is 4.12. The van der Waals surface area contributed by atoms with Gasteiger partial charge in [-0.2, -0.15) is 0 Å². The standard InChI is InChI=1S/C16H20N2O3/c1-3-10(2)8-12-15(16(17)21-18-12)11-4-5-13-14(9-11)20-7-6-19-13/h4-5,9-10H,3,6-8,17H2,1-2H3. The maximum absolute atomic E-state index is 5.97. The van der Waals surface area contributed by atoms with Crippen LogP contribution in [0.4, 0.5) is 5.88 Å². The third-order valence-electron chi connectivity index (χ3n) is 3.86. The van der Waals surface area contributed by atoms with Gasteiger partial charge in [0.2, 0.25) is 5.88 Å². The molecule has 0 saturated heterocycles. The van der Waals surface area contributed by atoms with Crippen molar-refractivity contribution in [3.8, 4) is 22.6 Å². The van der Waals surface area contributed by atoms with Crippen molar-refractivity contribution < 1.29 is 14.0 Å². The molecule has 1 aliphatic heterocycles. The lowest BCUT2D eigenvalue weighted by Crippen LogP contribution is -2.15. The Balaban J connectivity index is 1.98. The maximum Gasteiger partial charge on any atom is 0.230 e. The fourth-order valence-corrected chi connectivity index (χ4v) is 2.46. The van der Waals surface area contributed by atoms with Crippen LogP contribution in [0.2, 0.25) is 0 Å². The van der Waals surface area contributed by atoms with Crippen molar-refractivity contribution in [3.63, 3.8) is 0 Å². The van der Waals surface area contributed by atoms with Crippen LogP contribution >= 0.6 is 0 Å². The predicted molar refractivity (Wildman–Crippen MR) is 80.5 cm³/mol. The molecule has 0 bridgehead atoms. The second-order valence-corrected chi connectivity index (χ2v) is 5.44. The van der Waals surface area contributed by atoms with Crippen LogP contribution in [0.1, 0.15) is 26.0 Å². The summed E-state index contributed by atoms with van der Waals surface area (Å²) in [5.41, 5.74) is 8.69. The van der Waals surface area contributed by atoms with E-state index in [1.165, 1.54) is 0 Å². The van der Waals surface area contributed by atoms with Crippen LogP contribution in [0, 0.1) is 5.92 Å². The number of benzene rings is 1. The van der Waals surface area contributed by atoms with Crippen LogP contribution in [0.3, 0.4) is 0 Å². The van der Waals surface area contributed by atoms with Crippen molar-refractivity contribution in [1.29, 1.82) is 0 Å². The summed E-state index contributed by atoms with van der Waals surface area (Å²) in [6, 6.07) is 5.82. The first-order valence-corrected chi connectivity index (χ1v) is 7.33. The lowest BCUT2D eigenvalue weighted by Gasteiger charge is -2.19. The molecule has 1 aromatic carbocycles. The zero-order valence-corrected chi connectivity index (χ0v) is 12.4. The topological polar surface area (TPSA) is 70.5 Å². The summed E-state index contributed by atoms with van der Waals surface area (Å²) in [4.78, 5) is 0. The van der Waals surface area contributed by atoms with E-state index in [1.807, 2.05) is 18.2 Å². The molecule has 0 radical (unpaired) electrons. The molecule has 2 aromatic rings. The van der Waals surface area contributed by atoms with Gasteiger partial charge in [-0.1, -0.05) is 31.5 Å². The van der Waals surface area contributed by atoms with Crippen LogP contribution in [0.5, 0.6) is 11.5 Å². The van der Waals surface area contributed by atoms with E-state index in [4.69, 9.17) is 19.7 Å². The second kappa shape index (κ2) is 5.68. The zero-order valence-electron chi connectivity index (χ0n) is 12.4. The molecule has 0 spiro atoms. The van der Waals surface area contributed by atoms with E-state index in [0.29, 0.717) is 25.0 Å². The van der Waals surface area contributed by atoms with Gasteiger partial charge in [0.15, 0.2) is 11.5 Å². The molecule has 1 aromatic heterocycles. The third kappa shape index (κ3) is 2.68. The van der Waals surface area contributed by atoms with Crippen molar-refractivity contribution in [2.45, 2.75) is 26.7 Å². The van der Waals surface area contributed by atoms with Gasteiger partial charge >= 0.3 is 0 Å². The van der Waals surface area contributed by atoms with E-state index in [2.05, 4.69) is 19.0 Å². The summed E-state index contributed by atoms with van der Waals surface area (Å²) in [7, 11) is 0. The summed E-state index contributed by atoms with van der Waals surface area (Å²) in [6.45, 7) is 5.51. The highest BCUT2D eigenvalue weighted by Crippen LogP contribution is 2.38. The molecule has 1 unspecified atom stereocenters. The number of nitrogen functional groups attached to an aromatic ring is 1. The minimum absolute atomic E-state index is 0.352. The largest absolute Gasteiger partial charge is 0.486 e. The van der Waals surface area contributed by atoms with E-state index in [9.17, 15) is 0 Å². The normalized spacial score (nSPS) is 15.0. The van der Waals surface area contributed by atoms with E-state index in [0.717, 1.165) is 41.2 Å². The Morgan fingerprint density at radius 1 is 1.24 bits per heavy atom. The predicted octanol–water partition coefficient (Wildman–Crippen LogP) is 3.28. The Labute approximate surface area is 124 Å². The van der Waals surface area contributed by atoms with E-state index in [-0.39, 0.29) is 0 Å². The third-order valence-corrected chi connectivity index (χ3v) is 3.86. The lowest BCUT2D eigenvalue weighted by atomic mass is 9.97. The van der Waals surface area contributed by atoms with E-state index in [1.54, 1.807) is 0 Å². The molecular formula is C16H20N2O3. The number of nitrogens with zero attached hydrogens (tertiary/aromatic N) is 1. The molecule has 1 atom stereocenters. The number of hydrogen-bond acceptors (Lipinski definition) is 5. The number of anilines is 1. The Hall–Kier alpha value is -2.17. The number of fused-ring (bicyclic) bond motifs is 1.